The van der Waals surface area contributed by atoms with Gasteiger partial charge in [-0.1, -0.05) is 18.2 Å². The minimum Gasteiger partial charge on any atom is -0.492 e. The molecule has 0 spiro atoms. The van der Waals surface area contributed by atoms with Crippen LogP contribution in [0, 0.1) is 6.92 Å². The largest absolute Gasteiger partial charge is 0.492 e. The van der Waals surface area contributed by atoms with Crippen LogP contribution in [0.5, 0.6) is 5.75 Å². The highest BCUT2D eigenvalue weighted by Gasteiger charge is 2.22. The van der Waals surface area contributed by atoms with Gasteiger partial charge < -0.3 is 9.84 Å². The number of aryl methyl sites for hydroxylation is 1. The van der Waals surface area contributed by atoms with Crippen LogP contribution in [0.1, 0.15) is 18.4 Å². The molecule has 2 rings (SSSR count). The summed E-state index contributed by atoms with van der Waals surface area (Å²) in [6.45, 7) is 5.01. The van der Waals surface area contributed by atoms with Crippen LogP contribution in [0.2, 0.25) is 0 Å². The number of ether oxygens (including phenoxy) is 1. The Morgan fingerprint density at radius 1 is 1.41 bits per heavy atom. The first kappa shape index (κ1) is 12.4. The SMILES string of the molecule is Cc1ccccc1OCCN1CCCC1CO. The fourth-order valence-corrected chi connectivity index (χ4v) is 2.39. The van der Waals surface area contributed by atoms with Crippen LogP contribution in [0.25, 0.3) is 0 Å². The molecule has 1 fully saturated rings. The van der Waals surface area contributed by atoms with Crippen molar-refractivity contribution in [3.8, 4) is 5.75 Å². The van der Waals surface area contributed by atoms with Crippen molar-refractivity contribution in [2.24, 2.45) is 0 Å². The number of aliphatic hydroxyl groups excluding tert-OH is 1. The van der Waals surface area contributed by atoms with E-state index in [1.54, 1.807) is 0 Å². The van der Waals surface area contributed by atoms with Gasteiger partial charge in [-0.15, -0.1) is 0 Å². The van der Waals surface area contributed by atoms with Crippen LogP contribution < -0.4 is 4.74 Å². The maximum atomic E-state index is 9.21. The monoisotopic (exact) mass is 235 g/mol. The molecule has 1 saturated heterocycles. The van der Waals surface area contributed by atoms with Gasteiger partial charge in [-0.3, -0.25) is 4.90 Å². The van der Waals surface area contributed by atoms with Crippen LogP contribution in [-0.2, 0) is 0 Å². The number of nitrogens with zero attached hydrogens (tertiary/aromatic N) is 1. The topological polar surface area (TPSA) is 32.7 Å². The summed E-state index contributed by atoms with van der Waals surface area (Å²) in [5.74, 6) is 0.965. The molecule has 1 heterocycles. The van der Waals surface area contributed by atoms with Crippen LogP contribution in [0.4, 0.5) is 0 Å². The zero-order chi connectivity index (χ0) is 12.1. The molecule has 1 atom stereocenters. The van der Waals surface area contributed by atoms with E-state index in [-0.39, 0.29) is 6.61 Å². The van der Waals surface area contributed by atoms with Gasteiger partial charge in [-0.05, 0) is 37.9 Å². The van der Waals surface area contributed by atoms with E-state index in [0.29, 0.717) is 12.6 Å². The Bertz CT molecular complexity index is 354. The van der Waals surface area contributed by atoms with Crippen molar-refractivity contribution in [2.75, 3.05) is 26.3 Å². The molecule has 0 saturated carbocycles. The van der Waals surface area contributed by atoms with Gasteiger partial charge in [-0.2, -0.15) is 0 Å². The van der Waals surface area contributed by atoms with E-state index in [4.69, 9.17) is 4.74 Å². The van der Waals surface area contributed by atoms with Gasteiger partial charge in [0.2, 0.25) is 0 Å². The first-order valence-electron chi connectivity index (χ1n) is 6.34. The maximum absolute atomic E-state index is 9.21. The average Bonchev–Trinajstić information content (AvgIpc) is 2.79. The Morgan fingerprint density at radius 3 is 3.00 bits per heavy atom. The lowest BCUT2D eigenvalue weighted by atomic mass is 10.2. The number of rotatable bonds is 5. The van der Waals surface area contributed by atoms with E-state index in [1.165, 1.54) is 12.0 Å². The summed E-state index contributed by atoms with van der Waals surface area (Å²) < 4.78 is 5.77. The Morgan fingerprint density at radius 2 is 2.24 bits per heavy atom. The second-order valence-electron chi connectivity index (χ2n) is 4.63. The smallest absolute Gasteiger partial charge is 0.122 e. The molecule has 1 aromatic rings. The molecule has 0 aromatic heterocycles. The zero-order valence-corrected chi connectivity index (χ0v) is 10.4. The normalized spacial score (nSPS) is 20.7. The fraction of sp³-hybridized carbons (Fsp3) is 0.571. The second kappa shape index (κ2) is 6.03. The Labute approximate surface area is 103 Å². The van der Waals surface area contributed by atoms with Crippen molar-refractivity contribution in [1.82, 2.24) is 4.90 Å². The predicted octanol–water partition coefficient (Wildman–Crippen LogP) is 1.83. The summed E-state index contributed by atoms with van der Waals surface area (Å²) >= 11 is 0. The molecule has 1 N–H and O–H groups in total. The van der Waals surface area contributed by atoms with E-state index in [1.807, 2.05) is 18.2 Å². The lowest BCUT2D eigenvalue weighted by Crippen LogP contribution is -2.35. The third kappa shape index (κ3) is 3.20. The number of aliphatic hydroxyl groups is 1. The molecule has 1 aromatic carbocycles. The van der Waals surface area contributed by atoms with E-state index in [0.717, 1.165) is 25.3 Å². The third-order valence-electron chi connectivity index (χ3n) is 3.44. The van der Waals surface area contributed by atoms with Gasteiger partial charge in [0.15, 0.2) is 0 Å². The minimum atomic E-state index is 0.268. The third-order valence-corrected chi connectivity index (χ3v) is 3.44. The molecule has 0 amide bonds. The molecule has 3 heteroatoms. The van der Waals surface area contributed by atoms with Crippen LogP contribution in [-0.4, -0.2) is 42.4 Å². The summed E-state index contributed by atoms with van der Waals surface area (Å²) in [7, 11) is 0. The number of hydrogen-bond donors (Lipinski definition) is 1. The highest BCUT2D eigenvalue weighted by Crippen LogP contribution is 2.18. The molecule has 1 unspecified atom stereocenters. The lowest BCUT2D eigenvalue weighted by Gasteiger charge is -2.22. The minimum absolute atomic E-state index is 0.268. The first-order chi connectivity index (χ1) is 8.31. The quantitative estimate of drug-likeness (QED) is 0.845. The van der Waals surface area contributed by atoms with Crippen molar-refractivity contribution in [1.29, 1.82) is 0 Å². The molecule has 0 aliphatic carbocycles. The average molecular weight is 235 g/mol. The van der Waals surface area contributed by atoms with Crippen molar-refractivity contribution in [3.63, 3.8) is 0 Å². The molecular formula is C14H21NO2. The summed E-state index contributed by atoms with van der Waals surface area (Å²) in [4.78, 5) is 2.32. The Hall–Kier alpha value is -1.06. The number of likely N-dealkylation sites (tertiary alicyclic amines) is 1. The van der Waals surface area contributed by atoms with Crippen molar-refractivity contribution in [3.05, 3.63) is 29.8 Å². The number of benzene rings is 1. The van der Waals surface area contributed by atoms with Crippen LogP contribution >= 0.6 is 0 Å². The van der Waals surface area contributed by atoms with Crippen LogP contribution in [0.15, 0.2) is 24.3 Å². The highest BCUT2D eigenvalue weighted by molar-refractivity contribution is 5.31. The standard InChI is InChI=1S/C14H21NO2/c1-12-5-2-3-7-14(12)17-10-9-15-8-4-6-13(15)11-16/h2-3,5,7,13,16H,4,6,8-11H2,1H3. The molecule has 17 heavy (non-hydrogen) atoms. The van der Waals surface area contributed by atoms with E-state index in [2.05, 4.69) is 17.9 Å². The molecule has 0 radical (unpaired) electrons. The summed E-state index contributed by atoms with van der Waals surface area (Å²) in [5, 5.41) is 9.21. The van der Waals surface area contributed by atoms with Gasteiger partial charge in [0, 0.05) is 12.6 Å². The van der Waals surface area contributed by atoms with Gasteiger partial charge in [-0.25, -0.2) is 0 Å². The number of hydrogen-bond acceptors (Lipinski definition) is 3. The Kier molecular flexibility index (Phi) is 4.40. The van der Waals surface area contributed by atoms with Crippen molar-refractivity contribution >= 4 is 0 Å². The molecular weight excluding hydrogens is 214 g/mol. The van der Waals surface area contributed by atoms with Gasteiger partial charge in [0.05, 0.1) is 6.61 Å². The van der Waals surface area contributed by atoms with Crippen LogP contribution in [0.3, 0.4) is 0 Å². The van der Waals surface area contributed by atoms with Gasteiger partial charge >= 0.3 is 0 Å². The second-order valence-corrected chi connectivity index (χ2v) is 4.63. The summed E-state index contributed by atoms with van der Waals surface area (Å²) in [5.41, 5.74) is 1.17. The number of para-hydroxylation sites is 1. The van der Waals surface area contributed by atoms with Crippen molar-refractivity contribution in [2.45, 2.75) is 25.8 Å². The van der Waals surface area contributed by atoms with E-state index >= 15 is 0 Å². The maximum Gasteiger partial charge on any atom is 0.122 e. The summed E-state index contributed by atoms with van der Waals surface area (Å²) in [6, 6.07) is 8.42. The molecule has 3 nitrogen and oxygen atoms in total. The van der Waals surface area contributed by atoms with E-state index < -0.39 is 0 Å². The van der Waals surface area contributed by atoms with Gasteiger partial charge in [0.1, 0.15) is 12.4 Å². The molecule has 94 valence electrons. The summed E-state index contributed by atoms with van der Waals surface area (Å²) in [6.07, 6.45) is 2.30. The van der Waals surface area contributed by atoms with Crippen molar-refractivity contribution < 1.29 is 9.84 Å². The molecule has 0 bridgehead atoms. The lowest BCUT2D eigenvalue weighted by molar-refractivity contribution is 0.139. The van der Waals surface area contributed by atoms with Gasteiger partial charge in [0.25, 0.3) is 0 Å². The predicted molar refractivity (Wildman–Crippen MR) is 68.4 cm³/mol. The van der Waals surface area contributed by atoms with E-state index in [9.17, 15) is 5.11 Å². The zero-order valence-electron chi connectivity index (χ0n) is 10.4. The first-order valence-corrected chi connectivity index (χ1v) is 6.34. The highest BCUT2D eigenvalue weighted by atomic mass is 16.5. The molecule has 1 aliphatic heterocycles. The Balaban J connectivity index is 1.78. The molecule has 1 aliphatic rings. The fourth-order valence-electron chi connectivity index (χ4n) is 2.39.